The van der Waals surface area contributed by atoms with Gasteiger partial charge in [-0.05, 0) is 5.92 Å². The molecule has 2 unspecified atom stereocenters. The highest BCUT2D eigenvalue weighted by Gasteiger charge is 2.41. The van der Waals surface area contributed by atoms with E-state index in [0.29, 0.717) is 6.54 Å². The van der Waals surface area contributed by atoms with Gasteiger partial charge < -0.3 is 25.1 Å². The summed E-state index contributed by atoms with van der Waals surface area (Å²) >= 11 is 0. The molecule has 0 bridgehead atoms. The van der Waals surface area contributed by atoms with E-state index in [1.54, 1.807) is 6.92 Å². The maximum Gasteiger partial charge on any atom is 0.320 e. The normalized spacial score (nSPS) is 36.2. The van der Waals surface area contributed by atoms with Crippen LogP contribution in [0.2, 0.25) is 0 Å². The second-order valence-corrected chi connectivity index (χ2v) is 5.15. The summed E-state index contributed by atoms with van der Waals surface area (Å²) in [4.78, 5) is 25.9. The molecule has 3 N–H and O–H groups in total. The number of carbonyl (C=O) groups is 2. The fraction of sp³-hybridized carbons (Fsp3) is 0.818. The molecule has 102 valence electrons. The zero-order valence-corrected chi connectivity index (χ0v) is 10.2. The van der Waals surface area contributed by atoms with Crippen molar-refractivity contribution in [2.24, 2.45) is 11.8 Å². The highest BCUT2D eigenvalue weighted by molar-refractivity contribution is 5.78. The Morgan fingerprint density at radius 2 is 1.50 bits per heavy atom. The molecule has 2 fully saturated rings. The monoisotopic (exact) mass is 258 g/mol. The van der Waals surface area contributed by atoms with Gasteiger partial charge in [-0.15, -0.1) is 0 Å². The van der Waals surface area contributed by atoms with Gasteiger partial charge in [0.15, 0.2) is 0 Å². The van der Waals surface area contributed by atoms with Crippen LogP contribution in [0.25, 0.3) is 0 Å². The minimum absolute atomic E-state index is 0.0797. The second kappa shape index (κ2) is 4.74. The van der Waals surface area contributed by atoms with E-state index in [9.17, 15) is 19.8 Å². The van der Waals surface area contributed by atoms with E-state index >= 15 is 0 Å². The van der Waals surface area contributed by atoms with Gasteiger partial charge in [0.2, 0.25) is 0 Å². The van der Waals surface area contributed by atoms with Crippen molar-refractivity contribution in [2.75, 3.05) is 26.2 Å². The average Bonchev–Trinajstić information content (AvgIpc) is 2.82. The van der Waals surface area contributed by atoms with Crippen LogP contribution in [0.4, 0.5) is 4.79 Å². The lowest BCUT2D eigenvalue weighted by Crippen LogP contribution is -2.41. The third kappa shape index (κ3) is 2.28. The van der Waals surface area contributed by atoms with Crippen molar-refractivity contribution in [1.82, 2.24) is 9.80 Å². The van der Waals surface area contributed by atoms with Gasteiger partial charge in [0, 0.05) is 13.1 Å². The summed E-state index contributed by atoms with van der Waals surface area (Å²) in [5, 5.41) is 27.8. The number of aliphatic hydroxyl groups is 2. The van der Waals surface area contributed by atoms with E-state index in [-0.39, 0.29) is 31.6 Å². The predicted octanol–water partition coefficient (Wildman–Crippen LogP) is -1.20. The molecule has 7 nitrogen and oxygen atoms in total. The smallest absolute Gasteiger partial charge is 0.320 e. The standard InChI is InChI=1S/C11H18N2O5/c1-6-2-12(3-7(6)10(16)17)11(18)13-4-8(14)9(15)5-13/h6-9,14-15H,2-5H2,1H3,(H,16,17)/t6-,7-,8?,9?/m1/s1. The molecule has 0 radical (unpaired) electrons. The summed E-state index contributed by atoms with van der Waals surface area (Å²) in [5.74, 6) is -1.51. The van der Waals surface area contributed by atoms with Crippen molar-refractivity contribution in [3.05, 3.63) is 0 Å². The Morgan fingerprint density at radius 1 is 1.00 bits per heavy atom. The average molecular weight is 258 g/mol. The van der Waals surface area contributed by atoms with Crippen LogP contribution in [0.3, 0.4) is 0 Å². The molecule has 2 aliphatic heterocycles. The van der Waals surface area contributed by atoms with Crippen molar-refractivity contribution in [2.45, 2.75) is 19.1 Å². The van der Waals surface area contributed by atoms with Crippen LogP contribution in [0.5, 0.6) is 0 Å². The third-order valence-corrected chi connectivity index (χ3v) is 3.73. The Kier molecular flexibility index (Phi) is 3.45. The van der Waals surface area contributed by atoms with E-state index < -0.39 is 24.1 Å². The van der Waals surface area contributed by atoms with Crippen molar-refractivity contribution >= 4 is 12.0 Å². The number of amides is 2. The fourth-order valence-corrected chi connectivity index (χ4v) is 2.57. The summed E-state index contributed by atoms with van der Waals surface area (Å²) in [7, 11) is 0. The lowest BCUT2D eigenvalue weighted by atomic mass is 9.99. The van der Waals surface area contributed by atoms with Gasteiger partial charge in [0.25, 0.3) is 0 Å². The second-order valence-electron chi connectivity index (χ2n) is 5.15. The molecule has 2 aliphatic rings. The number of nitrogens with zero attached hydrogens (tertiary/aromatic N) is 2. The number of aliphatic hydroxyl groups excluding tert-OH is 2. The van der Waals surface area contributed by atoms with Gasteiger partial charge in [0.1, 0.15) is 0 Å². The summed E-state index contributed by atoms with van der Waals surface area (Å²) in [6, 6.07) is -0.304. The topological polar surface area (TPSA) is 101 Å². The Labute approximate surface area is 105 Å². The molecule has 0 aliphatic carbocycles. The lowest BCUT2D eigenvalue weighted by Gasteiger charge is -2.23. The van der Waals surface area contributed by atoms with Gasteiger partial charge in [-0.2, -0.15) is 0 Å². The van der Waals surface area contributed by atoms with E-state index in [0.717, 1.165) is 0 Å². The highest BCUT2D eigenvalue weighted by Crippen LogP contribution is 2.25. The van der Waals surface area contributed by atoms with Gasteiger partial charge in [0.05, 0.1) is 31.2 Å². The molecule has 2 saturated heterocycles. The molecule has 0 aromatic heterocycles. The van der Waals surface area contributed by atoms with Gasteiger partial charge in [-0.1, -0.05) is 6.92 Å². The number of carbonyl (C=O) groups excluding carboxylic acids is 1. The number of likely N-dealkylation sites (tertiary alicyclic amines) is 2. The summed E-state index contributed by atoms with van der Waals surface area (Å²) in [6.07, 6.45) is -1.83. The van der Waals surface area contributed by atoms with E-state index in [1.165, 1.54) is 9.80 Å². The molecule has 0 aromatic rings. The van der Waals surface area contributed by atoms with Crippen molar-refractivity contribution in [1.29, 1.82) is 0 Å². The number of carboxylic acid groups (broad SMARTS) is 1. The maximum atomic E-state index is 12.1. The molecule has 7 heteroatoms. The van der Waals surface area contributed by atoms with Gasteiger partial charge >= 0.3 is 12.0 Å². The maximum absolute atomic E-state index is 12.1. The number of β-amino-alcohol motifs (C(OH)–C–C–N with tert-alkyl or cyclic N) is 2. The SMILES string of the molecule is C[C@@H]1CN(C(=O)N2CC(O)C(O)C2)C[C@H]1C(=O)O. The van der Waals surface area contributed by atoms with Crippen LogP contribution < -0.4 is 0 Å². The molecular weight excluding hydrogens is 240 g/mol. The van der Waals surface area contributed by atoms with E-state index in [4.69, 9.17) is 5.11 Å². The van der Waals surface area contributed by atoms with Crippen molar-refractivity contribution < 1.29 is 24.9 Å². The third-order valence-electron chi connectivity index (χ3n) is 3.73. The van der Waals surface area contributed by atoms with Crippen LogP contribution in [-0.2, 0) is 4.79 Å². The van der Waals surface area contributed by atoms with Crippen molar-refractivity contribution in [3.8, 4) is 0 Å². The number of hydrogen-bond donors (Lipinski definition) is 3. The largest absolute Gasteiger partial charge is 0.481 e. The summed E-state index contributed by atoms with van der Waals surface area (Å²) in [6.45, 7) is 2.60. The first-order valence-corrected chi connectivity index (χ1v) is 6.03. The van der Waals surface area contributed by atoms with Gasteiger partial charge in [-0.25, -0.2) is 4.79 Å². The summed E-state index contributed by atoms with van der Waals surface area (Å²) < 4.78 is 0. The van der Waals surface area contributed by atoms with Crippen LogP contribution >= 0.6 is 0 Å². The molecular formula is C11H18N2O5. The van der Waals surface area contributed by atoms with Gasteiger partial charge in [-0.3, -0.25) is 4.79 Å². The first-order valence-electron chi connectivity index (χ1n) is 6.03. The van der Waals surface area contributed by atoms with Crippen LogP contribution in [0.1, 0.15) is 6.92 Å². The Morgan fingerprint density at radius 3 is 1.94 bits per heavy atom. The van der Waals surface area contributed by atoms with Crippen LogP contribution in [0.15, 0.2) is 0 Å². The number of rotatable bonds is 1. The molecule has 2 amide bonds. The van der Waals surface area contributed by atoms with Crippen LogP contribution in [0, 0.1) is 11.8 Å². The zero-order valence-electron chi connectivity index (χ0n) is 10.2. The Hall–Kier alpha value is -1.34. The molecule has 4 atom stereocenters. The number of carboxylic acids is 1. The Balaban J connectivity index is 1.97. The van der Waals surface area contributed by atoms with E-state index in [2.05, 4.69) is 0 Å². The fourth-order valence-electron chi connectivity index (χ4n) is 2.57. The molecule has 18 heavy (non-hydrogen) atoms. The Bertz CT molecular complexity index is 351. The minimum atomic E-state index is -0.913. The molecule has 2 rings (SSSR count). The quantitative estimate of drug-likeness (QED) is 0.548. The first kappa shape index (κ1) is 13.1. The molecule has 0 saturated carbocycles. The molecule has 0 spiro atoms. The summed E-state index contributed by atoms with van der Waals surface area (Å²) in [5.41, 5.74) is 0. The number of hydrogen-bond acceptors (Lipinski definition) is 4. The van der Waals surface area contributed by atoms with Crippen LogP contribution in [-0.4, -0.2) is 75.5 Å². The number of aliphatic carboxylic acids is 1. The highest BCUT2D eigenvalue weighted by atomic mass is 16.4. The number of urea groups is 1. The zero-order chi connectivity index (χ0) is 13.4. The lowest BCUT2D eigenvalue weighted by molar-refractivity contribution is -0.142. The predicted molar refractivity (Wildman–Crippen MR) is 60.8 cm³/mol. The van der Waals surface area contributed by atoms with E-state index in [1.807, 2.05) is 0 Å². The molecule has 0 aromatic carbocycles. The molecule has 2 heterocycles. The first-order chi connectivity index (χ1) is 8.40. The minimum Gasteiger partial charge on any atom is -0.481 e. The van der Waals surface area contributed by atoms with Crippen molar-refractivity contribution in [3.63, 3.8) is 0 Å².